The molecular weight excluding hydrogens is 240 g/mol. The molecule has 0 aliphatic heterocycles. The first-order valence-corrected chi connectivity index (χ1v) is 6.04. The molecule has 2 aromatic carbocycles. The van der Waals surface area contributed by atoms with E-state index in [1.165, 1.54) is 5.56 Å². The van der Waals surface area contributed by atoms with E-state index >= 15 is 0 Å². The quantitative estimate of drug-likeness (QED) is 0.769. The predicted octanol–water partition coefficient (Wildman–Crippen LogP) is 3.40. The SMILES string of the molecule is COc1ccc(OCc2ccc(C)cc2)c(C=O)c1. The molecule has 3 heteroatoms. The third kappa shape index (κ3) is 3.35. The van der Waals surface area contributed by atoms with E-state index in [1.807, 2.05) is 31.2 Å². The molecule has 0 aliphatic rings. The lowest BCUT2D eigenvalue weighted by Gasteiger charge is -2.10. The van der Waals surface area contributed by atoms with Crippen molar-refractivity contribution in [3.05, 3.63) is 59.2 Å². The van der Waals surface area contributed by atoms with Gasteiger partial charge in [0, 0.05) is 0 Å². The highest BCUT2D eigenvalue weighted by Crippen LogP contribution is 2.23. The van der Waals surface area contributed by atoms with Crippen LogP contribution in [0.4, 0.5) is 0 Å². The van der Waals surface area contributed by atoms with Gasteiger partial charge in [0.05, 0.1) is 12.7 Å². The maximum Gasteiger partial charge on any atom is 0.153 e. The molecule has 0 aromatic heterocycles. The first kappa shape index (κ1) is 13.1. The lowest BCUT2D eigenvalue weighted by molar-refractivity contribution is 0.111. The maximum absolute atomic E-state index is 11.0. The predicted molar refractivity (Wildman–Crippen MR) is 73.9 cm³/mol. The van der Waals surface area contributed by atoms with Crippen molar-refractivity contribution in [2.24, 2.45) is 0 Å². The third-order valence-electron chi connectivity index (χ3n) is 2.86. The molecule has 0 amide bonds. The molecule has 0 radical (unpaired) electrons. The number of carbonyl (C=O) groups excluding carboxylic acids is 1. The molecule has 2 rings (SSSR count). The Morgan fingerprint density at radius 3 is 2.47 bits per heavy atom. The summed E-state index contributed by atoms with van der Waals surface area (Å²) < 4.78 is 10.7. The molecular formula is C16H16O3. The van der Waals surface area contributed by atoms with Gasteiger partial charge in [-0.05, 0) is 30.7 Å². The van der Waals surface area contributed by atoms with Crippen LogP contribution >= 0.6 is 0 Å². The van der Waals surface area contributed by atoms with Gasteiger partial charge in [0.15, 0.2) is 6.29 Å². The Hall–Kier alpha value is -2.29. The number of ether oxygens (including phenoxy) is 2. The van der Waals surface area contributed by atoms with E-state index in [9.17, 15) is 4.79 Å². The van der Waals surface area contributed by atoms with Crippen LogP contribution in [-0.4, -0.2) is 13.4 Å². The number of carbonyl (C=O) groups is 1. The van der Waals surface area contributed by atoms with Crippen molar-refractivity contribution in [2.45, 2.75) is 13.5 Å². The first-order chi connectivity index (χ1) is 9.22. The maximum atomic E-state index is 11.0. The zero-order valence-corrected chi connectivity index (χ0v) is 11.1. The smallest absolute Gasteiger partial charge is 0.153 e. The summed E-state index contributed by atoms with van der Waals surface area (Å²) in [7, 11) is 1.57. The van der Waals surface area contributed by atoms with Crippen LogP contribution in [0.2, 0.25) is 0 Å². The van der Waals surface area contributed by atoms with Gasteiger partial charge in [0.25, 0.3) is 0 Å². The standard InChI is InChI=1S/C16H16O3/c1-12-3-5-13(6-4-12)11-19-16-8-7-15(18-2)9-14(16)10-17/h3-10H,11H2,1-2H3. The van der Waals surface area contributed by atoms with Gasteiger partial charge in [0.2, 0.25) is 0 Å². The molecule has 2 aromatic rings. The van der Waals surface area contributed by atoms with Gasteiger partial charge < -0.3 is 9.47 Å². The summed E-state index contributed by atoms with van der Waals surface area (Å²) in [5.41, 5.74) is 2.77. The average molecular weight is 256 g/mol. The van der Waals surface area contributed by atoms with Gasteiger partial charge in [-0.1, -0.05) is 29.8 Å². The van der Waals surface area contributed by atoms with Crippen molar-refractivity contribution < 1.29 is 14.3 Å². The highest BCUT2D eigenvalue weighted by atomic mass is 16.5. The third-order valence-corrected chi connectivity index (χ3v) is 2.86. The van der Waals surface area contributed by atoms with Crippen LogP contribution in [0.25, 0.3) is 0 Å². The zero-order chi connectivity index (χ0) is 13.7. The fourth-order valence-electron chi connectivity index (χ4n) is 1.72. The number of hydrogen-bond acceptors (Lipinski definition) is 3. The van der Waals surface area contributed by atoms with Crippen LogP contribution in [0.1, 0.15) is 21.5 Å². The van der Waals surface area contributed by atoms with Crippen molar-refractivity contribution in [1.29, 1.82) is 0 Å². The number of rotatable bonds is 5. The van der Waals surface area contributed by atoms with Crippen molar-refractivity contribution in [2.75, 3.05) is 7.11 Å². The van der Waals surface area contributed by atoms with E-state index in [2.05, 4.69) is 0 Å². The fourth-order valence-corrected chi connectivity index (χ4v) is 1.72. The largest absolute Gasteiger partial charge is 0.497 e. The summed E-state index contributed by atoms with van der Waals surface area (Å²) in [6.07, 6.45) is 0.771. The van der Waals surface area contributed by atoms with Crippen molar-refractivity contribution >= 4 is 6.29 Å². The minimum Gasteiger partial charge on any atom is -0.497 e. The van der Waals surface area contributed by atoms with E-state index in [0.717, 1.165) is 11.8 Å². The van der Waals surface area contributed by atoms with Crippen molar-refractivity contribution in [3.63, 3.8) is 0 Å². The Bertz CT molecular complexity index is 559. The monoisotopic (exact) mass is 256 g/mol. The zero-order valence-electron chi connectivity index (χ0n) is 11.1. The molecule has 0 atom stereocenters. The second-order valence-electron chi connectivity index (χ2n) is 4.30. The number of aldehydes is 1. The Balaban J connectivity index is 2.10. The van der Waals surface area contributed by atoms with Crippen LogP contribution in [0.5, 0.6) is 11.5 Å². The van der Waals surface area contributed by atoms with Gasteiger partial charge >= 0.3 is 0 Å². The minimum absolute atomic E-state index is 0.438. The van der Waals surface area contributed by atoms with E-state index in [0.29, 0.717) is 23.7 Å². The van der Waals surface area contributed by atoms with Crippen LogP contribution in [0, 0.1) is 6.92 Å². The van der Waals surface area contributed by atoms with Gasteiger partial charge in [-0.3, -0.25) is 4.79 Å². The van der Waals surface area contributed by atoms with Crippen molar-refractivity contribution in [1.82, 2.24) is 0 Å². The van der Waals surface area contributed by atoms with Crippen LogP contribution < -0.4 is 9.47 Å². The Morgan fingerprint density at radius 1 is 1.11 bits per heavy atom. The molecule has 19 heavy (non-hydrogen) atoms. The Labute approximate surface area is 112 Å². The van der Waals surface area contributed by atoms with Crippen LogP contribution in [-0.2, 0) is 6.61 Å². The summed E-state index contributed by atoms with van der Waals surface area (Å²) in [6, 6.07) is 13.3. The van der Waals surface area contributed by atoms with Gasteiger partial charge in [-0.15, -0.1) is 0 Å². The van der Waals surface area contributed by atoms with Gasteiger partial charge in [0.1, 0.15) is 18.1 Å². The number of aryl methyl sites for hydroxylation is 1. The van der Waals surface area contributed by atoms with E-state index in [4.69, 9.17) is 9.47 Å². The molecule has 0 unspecified atom stereocenters. The minimum atomic E-state index is 0.438. The topological polar surface area (TPSA) is 35.5 Å². The number of methoxy groups -OCH3 is 1. The lowest BCUT2D eigenvalue weighted by atomic mass is 10.1. The highest BCUT2D eigenvalue weighted by Gasteiger charge is 2.05. The summed E-state index contributed by atoms with van der Waals surface area (Å²) in [6.45, 7) is 2.48. The Kier molecular flexibility index (Phi) is 4.18. The molecule has 0 fully saturated rings. The fraction of sp³-hybridized carbons (Fsp3) is 0.188. The van der Waals surface area contributed by atoms with E-state index < -0.39 is 0 Å². The van der Waals surface area contributed by atoms with Crippen molar-refractivity contribution in [3.8, 4) is 11.5 Å². The average Bonchev–Trinajstić information content (AvgIpc) is 2.46. The molecule has 0 saturated carbocycles. The number of benzene rings is 2. The van der Waals surface area contributed by atoms with Crippen LogP contribution in [0.15, 0.2) is 42.5 Å². The Morgan fingerprint density at radius 2 is 1.84 bits per heavy atom. The highest BCUT2D eigenvalue weighted by molar-refractivity contribution is 5.80. The molecule has 98 valence electrons. The number of hydrogen-bond donors (Lipinski definition) is 0. The molecule has 0 bridgehead atoms. The molecule has 0 spiro atoms. The summed E-state index contributed by atoms with van der Waals surface area (Å²) >= 11 is 0. The van der Waals surface area contributed by atoms with Crippen LogP contribution in [0.3, 0.4) is 0 Å². The molecule has 0 N–H and O–H groups in total. The molecule has 0 aliphatic carbocycles. The normalized spacial score (nSPS) is 10.0. The summed E-state index contributed by atoms with van der Waals surface area (Å²) in [5, 5.41) is 0. The summed E-state index contributed by atoms with van der Waals surface area (Å²) in [4.78, 5) is 11.0. The van der Waals surface area contributed by atoms with Gasteiger partial charge in [-0.25, -0.2) is 0 Å². The second-order valence-corrected chi connectivity index (χ2v) is 4.30. The van der Waals surface area contributed by atoms with E-state index in [1.54, 1.807) is 25.3 Å². The molecule has 0 heterocycles. The molecule has 3 nitrogen and oxygen atoms in total. The van der Waals surface area contributed by atoms with E-state index in [-0.39, 0.29) is 0 Å². The summed E-state index contributed by atoms with van der Waals surface area (Å²) in [5.74, 6) is 1.21. The lowest BCUT2D eigenvalue weighted by Crippen LogP contribution is -1.98. The first-order valence-electron chi connectivity index (χ1n) is 6.04. The van der Waals surface area contributed by atoms with Gasteiger partial charge in [-0.2, -0.15) is 0 Å². The second kappa shape index (κ2) is 6.05. The molecule has 0 saturated heterocycles.